The number of allylic oxidation sites excluding steroid dienone is 4. The summed E-state index contributed by atoms with van der Waals surface area (Å²) >= 11 is 0. The molecule has 1 aliphatic heterocycles. The maximum atomic E-state index is 15.8. The van der Waals surface area contributed by atoms with Crippen LogP contribution in [0.4, 0.5) is 13.2 Å². The number of nitrogens with zero attached hydrogens (tertiary/aromatic N) is 3. The number of carbonyl (C=O) groups is 1. The Morgan fingerprint density at radius 2 is 1.80 bits per heavy atom. The Bertz CT molecular complexity index is 1670. The van der Waals surface area contributed by atoms with E-state index >= 15 is 8.78 Å². The zero-order chi connectivity index (χ0) is 34.6. The number of ether oxygens (including phenoxy) is 1. The van der Waals surface area contributed by atoms with Crippen LogP contribution in [0.1, 0.15) is 92.7 Å². The second-order valence-electron chi connectivity index (χ2n) is 10.3. The Kier molecular flexibility index (Phi) is 13.9. The number of carbonyl (C=O) groups excluding carboxylic acids is 1. The third kappa shape index (κ3) is 8.27. The van der Waals surface area contributed by atoms with Crippen molar-refractivity contribution in [2.24, 2.45) is 4.99 Å². The van der Waals surface area contributed by atoms with Crippen molar-refractivity contribution in [2.75, 3.05) is 0 Å². The Labute approximate surface area is 270 Å². The van der Waals surface area contributed by atoms with Gasteiger partial charge in [-0.15, -0.1) is 0 Å². The molecular formula is C37H43F3N3O3+. The Morgan fingerprint density at radius 3 is 2.39 bits per heavy atom. The lowest BCUT2D eigenvalue weighted by molar-refractivity contribution is -0.608. The van der Waals surface area contributed by atoms with Crippen molar-refractivity contribution in [1.29, 1.82) is 0 Å². The van der Waals surface area contributed by atoms with Gasteiger partial charge in [-0.3, -0.25) is 4.99 Å². The van der Waals surface area contributed by atoms with E-state index in [0.717, 1.165) is 6.07 Å². The maximum absolute atomic E-state index is 15.8. The first kappa shape index (κ1) is 37.4. The number of esters is 1. The Balaban J connectivity index is 0.00000139. The SMILES string of the molecule is C=N/C(=C\C)c1c(F)cc(C)cc1[C@](C)(OC(=O)c1ncccc1O)[N+]1=C(c2c(C)cc(F)cc2F)CC=CC=C1.CC.CCC. The second kappa shape index (κ2) is 17.1. The van der Waals surface area contributed by atoms with Crippen LogP contribution in [0.3, 0.4) is 0 Å². The van der Waals surface area contributed by atoms with E-state index in [1.807, 2.05) is 13.8 Å². The van der Waals surface area contributed by atoms with E-state index in [9.17, 15) is 14.3 Å². The highest BCUT2D eigenvalue weighted by atomic mass is 19.1. The van der Waals surface area contributed by atoms with E-state index in [4.69, 9.17) is 4.74 Å². The smallest absolute Gasteiger partial charge is 0.366 e. The van der Waals surface area contributed by atoms with Crippen LogP contribution in [-0.4, -0.2) is 33.1 Å². The predicted molar refractivity (Wildman–Crippen MR) is 179 cm³/mol. The van der Waals surface area contributed by atoms with Crippen molar-refractivity contribution >= 4 is 24.1 Å². The topological polar surface area (TPSA) is 74.8 Å². The number of benzene rings is 2. The monoisotopic (exact) mass is 634 g/mol. The zero-order valence-corrected chi connectivity index (χ0v) is 27.8. The molecule has 0 fully saturated rings. The minimum Gasteiger partial charge on any atom is -0.505 e. The predicted octanol–water partition coefficient (Wildman–Crippen LogP) is 9.33. The summed E-state index contributed by atoms with van der Waals surface area (Å²) in [5.74, 6) is -3.65. The first-order valence-corrected chi connectivity index (χ1v) is 15.2. The largest absolute Gasteiger partial charge is 0.505 e. The zero-order valence-electron chi connectivity index (χ0n) is 27.8. The van der Waals surface area contributed by atoms with E-state index in [1.165, 1.54) is 48.4 Å². The Morgan fingerprint density at radius 1 is 1.13 bits per heavy atom. The summed E-state index contributed by atoms with van der Waals surface area (Å²) in [6, 6.07) is 7.66. The van der Waals surface area contributed by atoms with Gasteiger partial charge in [0.15, 0.2) is 17.6 Å². The van der Waals surface area contributed by atoms with Crippen molar-refractivity contribution in [3.05, 3.63) is 124 Å². The molecule has 1 N–H and O–H groups in total. The van der Waals surface area contributed by atoms with Crippen LogP contribution in [-0.2, 0) is 10.5 Å². The van der Waals surface area contributed by atoms with E-state index in [-0.39, 0.29) is 34.5 Å². The number of rotatable bonds is 7. The molecule has 0 amide bonds. The molecule has 0 saturated heterocycles. The third-order valence-electron chi connectivity index (χ3n) is 6.79. The fourth-order valence-electron chi connectivity index (χ4n) is 4.97. The van der Waals surface area contributed by atoms with E-state index < -0.39 is 34.9 Å². The molecule has 0 aliphatic carbocycles. The first-order valence-electron chi connectivity index (χ1n) is 15.2. The van der Waals surface area contributed by atoms with Crippen LogP contribution in [0.25, 0.3) is 5.70 Å². The Hall–Kier alpha value is -4.79. The van der Waals surface area contributed by atoms with Gasteiger partial charge in [0.2, 0.25) is 0 Å². The van der Waals surface area contributed by atoms with Crippen LogP contribution in [0.2, 0.25) is 0 Å². The highest BCUT2D eigenvalue weighted by Crippen LogP contribution is 2.39. The number of hydrogen-bond acceptors (Lipinski definition) is 5. The van der Waals surface area contributed by atoms with Crippen molar-refractivity contribution in [3.63, 3.8) is 0 Å². The van der Waals surface area contributed by atoms with Gasteiger partial charge in [0.25, 0.3) is 0 Å². The van der Waals surface area contributed by atoms with Gasteiger partial charge in [-0.2, -0.15) is 4.58 Å². The van der Waals surface area contributed by atoms with Gasteiger partial charge in [-0.1, -0.05) is 52.3 Å². The molecule has 2 aromatic carbocycles. The average molecular weight is 635 g/mol. The molecule has 2 heterocycles. The lowest BCUT2D eigenvalue weighted by Gasteiger charge is -2.29. The summed E-state index contributed by atoms with van der Waals surface area (Å²) in [6.45, 7) is 18.2. The highest BCUT2D eigenvalue weighted by molar-refractivity contribution is 6.00. The maximum Gasteiger partial charge on any atom is 0.366 e. The standard InChI is InChI=1S/C32H28F3N3O3.C3H8.C2H6/c1-6-25(36-5)29-22(15-19(2)16-23(29)34)32(4,41-31(40)30-27(39)12-10-13-37-30)38-14-9-7-8-11-26(38)28-20(3)17-21(33)18-24(28)35;1-3-2;1-2/h6-10,12-18H,5,11H2,1-4H3;3H2,1-2H3;1-2H3/p+1/b25-6-;;/t32-;;/m0../s1. The lowest BCUT2D eigenvalue weighted by Crippen LogP contribution is -2.43. The lowest BCUT2D eigenvalue weighted by atomic mass is 9.91. The summed E-state index contributed by atoms with van der Waals surface area (Å²) in [7, 11) is 0. The second-order valence-corrected chi connectivity index (χ2v) is 10.3. The van der Waals surface area contributed by atoms with E-state index in [0.29, 0.717) is 16.8 Å². The van der Waals surface area contributed by atoms with Gasteiger partial charge in [0, 0.05) is 30.8 Å². The molecule has 1 aliphatic rings. The highest BCUT2D eigenvalue weighted by Gasteiger charge is 2.48. The van der Waals surface area contributed by atoms with Crippen molar-refractivity contribution in [3.8, 4) is 5.75 Å². The molecule has 244 valence electrons. The molecule has 0 radical (unpaired) electrons. The van der Waals surface area contributed by atoms with Gasteiger partial charge in [0.05, 0.1) is 23.2 Å². The van der Waals surface area contributed by atoms with Crippen molar-refractivity contribution < 1.29 is 32.4 Å². The van der Waals surface area contributed by atoms with Crippen LogP contribution < -0.4 is 0 Å². The molecule has 0 spiro atoms. The van der Waals surface area contributed by atoms with Crippen LogP contribution in [0.15, 0.2) is 78.1 Å². The number of pyridine rings is 1. The van der Waals surface area contributed by atoms with Gasteiger partial charge in [0.1, 0.15) is 23.2 Å². The van der Waals surface area contributed by atoms with Crippen molar-refractivity contribution in [2.45, 2.75) is 74.0 Å². The molecule has 1 aromatic heterocycles. The molecule has 0 bridgehead atoms. The van der Waals surface area contributed by atoms with Gasteiger partial charge < -0.3 is 9.84 Å². The molecule has 1 atom stereocenters. The van der Waals surface area contributed by atoms with E-state index in [2.05, 4.69) is 30.5 Å². The number of hydrogen-bond donors (Lipinski definition) is 1. The summed E-state index contributed by atoms with van der Waals surface area (Å²) in [5, 5.41) is 10.4. The normalized spacial score (nSPS) is 13.8. The average Bonchev–Trinajstić information content (AvgIpc) is 3.26. The summed E-state index contributed by atoms with van der Waals surface area (Å²) in [6.07, 6.45) is 11.0. The molecule has 9 heteroatoms. The number of halogens is 3. The molecule has 4 rings (SSSR count). The van der Waals surface area contributed by atoms with Crippen molar-refractivity contribution in [1.82, 2.24) is 4.98 Å². The van der Waals surface area contributed by atoms with Gasteiger partial charge in [-0.25, -0.2) is 22.9 Å². The van der Waals surface area contributed by atoms with E-state index in [1.54, 1.807) is 57.3 Å². The number of aryl methyl sites for hydroxylation is 2. The summed E-state index contributed by atoms with van der Waals surface area (Å²) in [4.78, 5) is 21.6. The summed E-state index contributed by atoms with van der Waals surface area (Å²) in [5.41, 5.74) is -0.676. The molecular weight excluding hydrogens is 591 g/mol. The molecule has 46 heavy (non-hydrogen) atoms. The van der Waals surface area contributed by atoms with Crippen LogP contribution in [0, 0.1) is 31.3 Å². The molecule has 6 nitrogen and oxygen atoms in total. The van der Waals surface area contributed by atoms with Gasteiger partial charge in [-0.05, 0) is 68.9 Å². The number of aromatic nitrogens is 1. The van der Waals surface area contributed by atoms with Crippen LogP contribution >= 0.6 is 0 Å². The van der Waals surface area contributed by atoms with Gasteiger partial charge >= 0.3 is 11.7 Å². The first-order chi connectivity index (χ1) is 21.9. The fraction of sp³-hybridized carbons (Fsp3) is 0.297. The fourth-order valence-corrected chi connectivity index (χ4v) is 4.97. The summed E-state index contributed by atoms with van der Waals surface area (Å²) < 4.78 is 52.9. The number of aliphatic imine (C=N–C) groups is 1. The molecule has 0 saturated carbocycles. The molecule has 0 unspecified atom stereocenters. The third-order valence-corrected chi connectivity index (χ3v) is 6.79. The minimum absolute atomic E-state index is 0.00917. The minimum atomic E-state index is -1.88. The quantitative estimate of drug-likeness (QED) is 0.160. The number of aromatic hydroxyl groups is 1. The molecule has 3 aromatic rings. The van der Waals surface area contributed by atoms with Crippen LogP contribution in [0.5, 0.6) is 5.75 Å².